The van der Waals surface area contributed by atoms with Gasteiger partial charge in [0.25, 0.3) is 5.91 Å². The number of aromatic amines is 1. The van der Waals surface area contributed by atoms with Crippen molar-refractivity contribution in [1.82, 2.24) is 10.4 Å². The summed E-state index contributed by atoms with van der Waals surface area (Å²) >= 11 is 1.73. The molecule has 0 saturated heterocycles. The van der Waals surface area contributed by atoms with Crippen LogP contribution in [0.4, 0.5) is 0 Å². The van der Waals surface area contributed by atoms with E-state index in [1.807, 2.05) is 6.92 Å². The lowest BCUT2D eigenvalue weighted by atomic mass is 10.2. The molecule has 94 valence electrons. The highest BCUT2D eigenvalue weighted by Crippen LogP contribution is 2.21. The van der Waals surface area contributed by atoms with Gasteiger partial charge in [0, 0.05) is 21.5 Å². The highest BCUT2D eigenvalue weighted by atomic mass is 32.1. The van der Waals surface area contributed by atoms with Gasteiger partial charge in [-0.15, -0.1) is 11.3 Å². The lowest BCUT2D eigenvalue weighted by molar-refractivity contribution is 0.0950. The molecule has 2 heterocycles. The Morgan fingerprint density at radius 3 is 2.78 bits per heavy atom. The third-order valence-corrected chi connectivity index (χ3v) is 3.56. The molecular formula is C13H15N3OS. The van der Waals surface area contributed by atoms with E-state index in [9.17, 15) is 4.79 Å². The number of rotatable bonds is 3. The second-order valence-corrected chi connectivity index (χ2v) is 5.51. The molecule has 0 aliphatic rings. The molecule has 0 saturated carbocycles. The van der Waals surface area contributed by atoms with Crippen LogP contribution in [0, 0.1) is 13.8 Å². The minimum absolute atomic E-state index is 0.232. The van der Waals surface area contributed by atoms with Crippen LogP contribution >= 0.6 is 11.3 Å². The molecule has 0 bridgehead atoms. The first kappa shape index (κ1) is 12.6. The minimum Gasteiger partial charge on any atom is -0.357 e. The van der Waals surface area contributed by atoms with Gasteiger partial charge in [0.15, 0.2) is 0 Å². The van der Waals surface area contributed by atoms with Crippen molar-refractivity contribution in [3.05, 3.63) is 45.4 Å². The molecule has 0 fully saturated rings. The van der Waals surface area contributed by atoms with Gasteiger partial charge in [-0.1, -0.05) is 0 Å². The van der Waals surface area contributed by atoms with E-state index in [4.69, 9.17) is 0 Å². The molecule has 0 atom stereocenters. The fourth-order valence-corrected chi connectivity index (χ4v) is 2.69. The number of aromatic nitrogens is 1. The Labute approximate surface area is 110 Å². The number of carbonyl (C=O) groups excluding carboxylic acids is 1. The lowest BCUT2D eigenvalue weighted by Crippen LogP contribution is -2.19. The molecule has 0 aromatic carbocycles. The minimum atomic E-state index is -0.232. The van der Waals surface area contributed by atoms with Crippen LogP contribution < -0.4 is 5.43 Å². The summed E-state index contributed by atoms with van der Waals surface area (Å²) in [6, 6.07) is 5.57. The number of aryl methyl sites for hydroxylation is 2. The Bertz CT molecular complexity index is 581. The second kappa shape index (κ2) is 5.18. The van der Waals surface area contributed by atoms with Gasteiger partial charge in [-0.2, -0.15) is 5.10 Å². The number of thiophene rings is 1. The molecule has 18 heavy (non-hydrogen) atoms. The van der Waals surface area contributed by atoms with E-state index in [1.165, 1.54) is 9.75 Å². The maximum absolute atomic E-state index is 11.7. The van der Waals surface area contributed by atoms with Gasteiger partial charge in [-0.3, -0.25) is 4.79 Å². The van der Waals surface area contributed by atoms with E-state index in [2.05, 4.69) is 35.4 Å². The molecular weight excluding hydrogens is 246 g/mol. The number of amides is 1. The summed E-state index contributed by atoms with van der Waals surface area (Å²) in [6.07, 6.45) is 1.71. The van der Waals surface area contributed by atoms with Gasteiger partial charge in [0.05, 0.1) is 5.71 Å². The molecule has 2 N–H and O–H groups in total. The van der Waals surface area contributed by atoms with Gasteiger partial charge in [0.2, 0.25) is 0 Å². The maximum Gasteiger partial charge on any atom is 0.287 e. The van der Waals surface area contributed by atoms with Crippen molar-refractivity contribution in [1.29, 1.82) is 0 Å². The Balaban J connectivity index is 2.10. The van der Waals surface area contributed by atoms with Gasteiger partial charge >= 0.3 is 0 Å². The predicted octanol–water partition coefficient (Wildman–Crippen LogP) is 2.85. The van der Waals surface area contributed by atoms with Crippen LogP contribution in [-0.4, -0.2) is 16.6 Å². The Hall–Kier alpha value is -1.88. The van der Waals surface area contributed by atoms with Crippen LogP contribution in [0.5, 0.6) is 0 Å². The largest absolute Gasteiger partial charge is 0.357 e. The molecule has 2 rings (SSSR count). The van der Waals surface area contributed by atoms with Crippen LogP contribution in [0.25, 0.3) is 0 Å². The summed E-state index contributed by atoms with van der Waals surface area (Å²) in [5.41, 5.74) is 4.95. The molecule has 0 aliphatic heterocycles. The summed E-state index contributed by atoms with van der Waals surface area (Å²) in [6.45, 7) is 6.01. The van der Waals surface area contributed by atoms with E-state index in [0.29, 0.717) is 5.69 Å². The maximum atomic E-state index is 11.7. The van der Waals surface area contributed by atoms with Gasteiger partial charge in [0.1, 0.15) is 5.69 Å². The first-order valence-electron chi connectivity index (χ1n) is 5.63. The smallest absolute Gasteiger partial charge is 0.287 e. The van der Waals surface area contributed by atoms with E-state index in [0.717, 1.165) is 11.3 Å². The quantitative estimate of drug-likeness (QED) is 0.648. The van der Waals surface area contributed by atoms with Gasteiger partial charge in [-0.25, -0.2) is 5.43 Å². The average molecular weight is 261 g/mol. The van der Waals surface area contributed by atoms with Crippen molar-refractivity contribution < 1.29 is 4.79 Å². The van der Waals surface area contributed by atoms with E-state index in [-0.39, 0.29) is 5.91 Å². The molecule has 0 spiro atoms. The average Bonchev–Trinajstić information content (AvgIpc) is 2.95. The monoisotopic (exact) mass is 261 g/mol. The molecule has 1 amide bonds. The van der Waals surface area contributed by atoms with E-state index in [1.54, 1.807) is 29.7 Å². The molecule has 0 radical (unpaired) electrons. The van der Waals surface area contributed by atoms with Crippen molar-refractivity contribution in [3.8, 4) is 0 Å². The topological polar surface area (TPSA) is 57.2 Å². The van der Waals surface area contributed by atoms with Crippen LogP contribution in [0.3, 0.4) is 0 Å². The molecule has 4 nitrogen and oxygen atoms in total. The molecule has 0 unspecified atom stereocenters. The van der Waals surface area contributed by atoms with Crippen LogP contribution in [0.2, 0.25) is 0 Å². The van der Waals surface area contributed by atoms with Crippen molar-refractivity contribution >= 4 is 23.0 Å². The lowest BCUT2D eigenvalue weighted by Gasteiger charge is -2.01. The number of nitrogens with zero attached hydrogens (tertiary/aromatic N) is 1. The van der Waals surface area contributed by atoms with Crippen molar-refractivity contribution in [2.24, 2.45) is 5.10 Å². The number of carbonyl (C=O) groups is 1. The predicted molar refractivity (Wildman–Crippen MR) is 74.3 cm³/mol. The third-order valence-electron chi connectivity index (χ3n) is 2.60. The zero-order valence-corrected chi connectivity index (χ0v) is 11.4. The number of nitrogens with one attached hydrogen (secondary N) is 2. The molecule has 2 aromatic heterocycles. The van der Waals surface area contributed by atoms with Crippen molar-refractivity contribution in [3.63, 3.8) is 0 Å². The number of hydrogen-bond acceptors (Lipinski definition) is 3. The highest BCUT2D eigenvalue weighted by Gasteiger charge is 2.08. The zero-order chi connectivity index (χ0) is 13.1. The van der Waals surface area contributed by atoms with Crippen molar-refractivity contribution in [2.75, 3.05) is 0 Å². The summed E-state index contributed by atoms with van der Waals surface area (Å²) in [7, 11) is 0. The zero-order valence-electron chi connectivity index (χ0n) is 10.6. The van der Waals surface area contributed by atoms with Crippen LogP contribution in [0.1, 0.15) is 32.7 Å². The van der Waals surface area contributed by atoms with Crippen LogP contribution in [0.15, 0.2) is 29.5 Å². The Morgan fingerprint density at radius 1 is 1.44 bits per heavy atom. The van der Waals surface area contributed by atoms with E-state index < -0.39 is 0 Å². The summed E-state index contributed by atoms with van der Waals surface area (Å²) in [4.78, 5) is 17.0. The highest BCUT2D eigenvalue weighted by molar-refractivity contribution is 7.12. The van der Waals surface area contributed by atoms with E-state index >= 15 is 0 Å². The summed E-state index contributed by atoms with van der Waals surface area (Å²) in [5.74, 6) is -0.232. The normalized spacial score (nSPS) is 11.6. The molecule has 5 heteroatoms. The third kappa shape index (κ3) is 2.68. The van der Waals surface area contributed by atoms with Gasteiger partial charge < -0.3 is 4.98 Å². The second-order valence-electron chi connectivity index (χ2n) is 4.05. The number of H-pyrrole nitrogens is 1. The van der Waals surface area contributed by atoms with Crippen LogP contribution in [-0.2, 0) is 0 Å². The first-order chi connectivity index (χ1) is 8.58. The number of hydrogen-bond donors (Lipinski definition) is 2. The van der Waals surface area contributed by atoms with Crippen molar-refractivity contribution in [2.45, 2.75) is 20.8 Å². The summed E-state index contributed by atoms with van der Waals surface area (Å²) < 4.78 is 0. The molecule has 0 aliphatic carbocycles. The summed E-state index contributed by atoms with van der Waals surface area (Å²) in [5, 5.41) is 4.13. The fourth-order valence-electron chi connectivity index (χ4n) is 1.72. The Morgan fingerprint density at radius 2 is 2.22 bits per heavy atom. The Kier molecular flexibility index (Phi) is 3.62. The fraction of sp³-hybridized carbons (Fsp3) is 0.231. The van der Waals surface area contributed by atoms with Gasteiger partial charge in [-0.05, 0) is 39.0 Å². The molecule has 2 aromatic rings. The SMILES string of the molecule is C/C(=N/NC(=O)c1ccc[nH]1)c1cc(C)sc1C. The first-order valence-corrected chi connectivity index (χ1v) is 6.45. The standard InChI is InChI=1S/C13H15N3OS/c1-8-7-11(10(3)18-8)9(2)15-16-13(17)12-5-4-6-14-12/h4-7,14H,1-3H3,(H,16,17)/b15-9-. The number of hydrazone groups is 1.